The van der Waals surface area contributed by atoms with Crippen LogP contribution in [0.2, 0.25) is 18.1 Å². The number of hydrogen-bond acceptors (Lipinski definition) is 3. The topological polar surface area (TPSA) is 55.4 Å². The third-order valence-electron chi connectivity index (χ3n) is 5.36. The number of methoxy groups -OCH3 is 1. The zero-order valence-corrected chi connectivity index (χ0v) is 17.1. The Bertz CT molecular complexity index is 505. The van der Waals surface area contributed by atoms with Gasteiger partial charge >= 0.3 is 5.97 Å². The SMILES string of the molecule is COC(=O)[C@H](CC#C[Si](C)(C)C(C)(C)C)NC(=O)C1CCCCC1. The van der Waals surface area contributed by atoms with E-state index in [1.165, 1.54) is 13.5 Å². The lowest BCUT2D eigenvalue weighted by atomic mass is 9.88. The highest BCUT2D eigenvalue weighted by Crippen LogP contribution is 2.35. The van der Waals surface area contributed by atoms with E-state index in [1.807, 2.05) is 0 Å². The Balaban J connectivity index is 2.73. The van der Waals surface area contributed by atoms with E-state index >= 15 is 0 Å². The lowest BCUT2D eigenvalue weighted by molar-refractivity contribution is -0.145. The van der Waals surface area contributed by atoms with Gasteiger partial charge in [0.05, 0.1) is 7.11 Å². The molecule has 1 aliphatic rings. The molecule has 1 fully saturated rings. The zero-order chi connectivity index (χ0) is 18.4. The summed E-state index contributed by atoms with van der Waals surface area (Å²) in [4.78, 5) is 24.4. The quantitative estimate of drug-likeness (QED) is 0.478. The summed E-state index contributed by atoms with van der Waals surface area (Å²) in [7, 11) is -0.364. The van der Waals surface area contributed by atoms with Crippen LogP contribution >= 0.6 is 0 Å². The predicted octanol–water partition coefficient (Wildman–Crippen LogP) is 3.67. The van der Waals surface area contributed by atoms with E-state index in [4.69, 9.17) is 4.74 Å². The summed E-state index contributed by atoms with van der Waals surface area (Å²) in [6.07, 6.45) is 5.52. The van der Waals surface area contributed by atoms with E-state index in [9.17, 15) is 9.59 Å². The normalized spacial score (nSPS) is 17.4. The fourth-order valence-corrected chi connectivity index (χ4v) is 3.47. The molecule has 0 unspecified atom stereocenters. The van der Waals surface area contributed by atoms with Gasteiger partial charge in [-0.15, -0.1) is 11.5 Å². The second kappa shape index (κ2) is 8.71. The number of hydrogen-bond donors (Lipinski definition) is 1. The lowest BCUT2D eigenvalue weighted by Gasteiger charge is -2.31. The fourth-order valence-electron chi connectivity index (χ4n) is 2.55. The smallest absolute Gasteiger partial charge is 0.329 e. The van der Waals surface area contributed by atoms with Crippen molar-refractivity contribution >= 4 is 20.0 Å². The molecule has 1 N–H and O–H groups in total. The van der Waals surface area contributed by atoms with Crippen LogP contribution in [0.5, 0.6) is 0 Å². The summed E-state index contributed by atoms with van der Waals surface area (Å²) in [5.74, 6) is 2.74. The van der Waals surface area contributed by atoms with Gasteiger partial charge in [-0.2, -0.15) is 0 Å². The minimum absolute atomic E-state index is 0.0271. The first-order chi connectivity index (χ1) is 11.1. The number of carbonyl (C=O) groups is 2. The standard InChI is InChI=1S/C19H33NO3Si/c1-19(2,3)24(5,6)14-10-13-16(18(22)23-4)20-17(21)15-11-8-7-9-12-15/h15-16H,7-9,11-13H2,1-6H3,(H,20,21)/t16-/m0/s1. The van der Waals surface area contributed by atoms with Gasteiger partial charge in [0.15, 0.2) is 0 Å². The summed E-state index contributed by atoms with van der Waals surface area (Å²) < 4.78 is 4.84. The number of rotatable bonds is 4. The molecule has 1 aliphatic carbocycles. The van der Waals surface area contributed by atoms with Crippen molar-refractivity contribution in [2.24, 2.45) is 5.92 Å². The van der Waals surface area contributed by atoms with Crippen LogP contribution in [0.15, 0.2) is 0 Å². The van der Waals surface area contributed by atoms with Gasteiger partial charge in [-0.3, -0.25) is 4.79 Å². The number of carbonyl (C=O) groups excluding carboxylic acids is 2. The van der Waals surface area contributed by atoms with Gasteiger partial charge in [0.1, 0.15) is 14.1 Å². The second-order valence-electron chi connectivity index (χ2n) is 8.30. The molecule has 0 aromatic heterocycles. The average molecular weight is 352 g/mol. The Morgan fingerprint density at radius 1 is 1.21 bits per heavy atom. The molecule has 0 heterocycles. The minimum atomic E-state index is -1.71. The molecular formula is C19H33NO3Si. The molecule has 0 aromatic rings. The first-order valence-corrected chi connectivity index (χ1v) is 12.0. The van der Waals surface area contributed by atoms with Crippen LogP contribution in [0, 0.1) is 17.4 Å². The molecule has 0 saturated heterocycles. The average Bonchev–Trinajstić information content (AvgIpc) is 2.52. The highest BCUT2D eigenvalue weighted by molar-refractivity contribution is 6.87. The van der Waals surface area contributed by atoms with E-state index in [2.05, 4.69) is 50.6 Å². The summed E-state index contributed by atoms with van der Waals surface area (Å²) in [5, 5.41) is 3.03. The van der Waals surface area contributed by atoms with Crippen LogP contribution in [0.4, 0.5) is 0 Å². The van der Waals surface area contributed by atoms with E-state index < -0.39 is 20.1 Å². The summed E-state index contributed by atoms with van der Waals surface area (Å²) in [5.41, 5.74) is 3.39. The van der Waals surface area contributed by atoms with E-state index in [0.717, 1.165) is 25.7 Å². The Kier molecular flexibility index (Phi) is 7.53. The third-order valence-corrected chi connectivity index (χ3v) is 9.91. The van der Waals surface area contributed by atoms with Crippen molar-refractivity contribution in [3.05, 3.63) is 0 Å². The molecule has 1 amide bonds. The molecule has 0 aromatic carbocycles. The van der Waals surface area contributed by atoms with E-state index in [1.54, 1.807) is 0 Å². The molecule has 4 nitrogen and oxygen atoms in total. The molecule has 1 rings (SSSR count). The number of ether oxygens (including phenoxy) is 1. The molecular weight excluding hydrogens is 318 g/mol. The van der Waals surface area contributed by atoms with Crippen LogP contribution in [0.3, 0.4) is 0 Å². The second-order valence-corrected chi connectivity index (χ2v) is 13.3. The molecule has 0 spiro atoms. The molecule has 136 valence electrons. The van der Waals surface area contributed by atoms with Crippen molar-refractivity contribution < 1.29 is 14.3 Å². The van der Waals surface area contributed by atoms with Crippen LogP contribution in [-0.2, 0) is 14.3 Å². The van der Waals surface area contributed by atoms with Crippen LogP contribution in [-0.4, -0.2) is 33.1 Å². The van der Waals surface area contributed by atoms with E-state index in [-0.39, 0.29) is 16.9 Å². The zero-order valence-electron chi connectivity index (χ0n) is 16.1. The van der Waals surface area contributed by atoms with Gasteiger partial charge in [0, 0.05) is 12.3 Å². The number of amides is 1. The Labute approximate surface area is 148 Å². The third kappa shape index (κ3) is 5.97. The largest absolute Gasteiger partial charge is 0.467 e. The lowest BCUT2D eigenvalue weighted by Crippen LogP contribution is -2.44. The van der Waals surface area contributed by atoms with Crippen LogP contribution < -0.4 is 5.32 Å². The first-order valence-electron chi connectivity index (χ1n) is 8.96. The summed E-state index contributed by atoms with van der Waals surface area (Å²) in [6.45, 7) is 11.1. The predicted molar refractivity (Wildman–Crippen MR) is 100 cm³/mol. The van der Waals surface area contributed by atoms with Crippen molar-refractivity contribution in [2.75, 3.05) is 7.11 Å². The Morgan fingerprint density at radius 2 is 1.79 bits per heavy atom. The van der Waals surface area contributed by atoms with Gasteiger partial charge in [0.25, 0.3) is 0 Å². The van der Waals surface area contributed by atoms with Crippen molar-refractivity contribution in [2.45, 2.75) is 83.5 Å². The van der Waals surface area contributed by atoms with Crippen molar-refractivity contribution in [3.63, 3.8) is 0 Å². The molecule has 0 aliphatic heterocycles. The maximum Gasteiger partial charge on any atom is 0.329 e. The molecule has 0 bridgehead atoms. The minimum Gasteiger partial charge on any atom is -0.467 e. The van der Waals surface area contributed by atoms with Gasteiger partial charge in [0.2, 0.25) is 5.91 Å². The van der Waals surface area contributed by atoms with Crippen molar-refractivity contribution in [3.8, 4) is 11.5 Å². The van der Waals surface area contributed by atoms with Gasteiger partial charge in [-0.1, -0.05) is 53.1 Å². The number of nitrogens with one attached hydrogen (secondary N) is 1. The van der Waals surface area contributed by atoms with Crippen LogP contribution in [0.1, 0.15) is 59.3 Å². The molecule has 5 heteroatoms. The van der Waals surface area contributed by atoms with Gasteiger partial charge in [-0.05, 0) is 17.9 Å². The summed E-state index contributed by atoms with van der Waals surface area (Å²) in [6, 6.07) is -0.665. The number of esters is 1. The van der Waals surface area contributed by atoms with E-state index in [0.29, 0.717) is 6.42 Å². The molecule has 24 heavy (non-hydrogen) atoms. The fraction of sp³-hybridized carbons (Fsp3) is 0.789. The first kappa shape index (κ1) is 20.8. The maximum absolute atomic E-state index is 12.4. The molecule has 1 atom stereocenters. The van der Waals surface area contributed by atoms with Crippen molar-refractivity contribution in [1.29, 1.82) is 0 Å². The monoisotopic (exact) mass is 351 g/mol. The van der Waals surface area contributed by atoms with Gasteiger partial charge in [-0.25, -0.2) is 4.79 Å². The maximum atomic E-state index is 12.4. The molecule has 0 radical (unpaired) electrons. The van der Waals surface area contributed by atoms with Gasteiger partial charge < -0.3 is 10.1 Å². The molecule has 1 saturated carbocycles. The summed E-state index contributed by atoms with van der Waals surface area (Å²) >= 11 is 0. The highest BCUT2D eigenvalue weighted by atomic mass is 28.3. The van der Waals surface area contributed by atoms with Crippen molar-refractivity contribution in [1.82, 2.24) is 5.32 Å². The highest BCUT2D eigenvalue weighted by Gasteiger charge is 2.34. The Hall–Kier alpha value is -1.28. The van der Waals surface area contributed by atoms with Crippen LogP contribution in [0.25, 0.3) is 0 Å². The Morgan fingerprint density at radius 3 is 2.29 bits per heavy atom.